The Morgan fingerprint density at radius 3 is 1.82 bits per heavy atom. The number of aliphatic hydroxyl groups excluding tert-OH is 1. The molecule has 0 spiro atoms. The lowest BCUT2D eigenvalue weighted by Gasteiger charge is -2.42. The van der Waals surface area contributed by atoms with Crippen LogP contribution < -0.4 is 5.19 Å². The van der Waals surface area contributed by atoms with Crippen LogP contribution in [0.2, 0.25) is 18.6 Å². The number of rotatable bonds is 5. The molecule has 3 aromatic carbocycles. The normalized spacial score (nSPS) is 22.4. The highest BCUT2D eigenvalue weighted by molar-refractivity contribution is 6.91. The van der Waals surface area contributed by atoms with Gasteiger partial charge in [0.05, 0.1) is 26.1 Å². The van der Waals surface area contributed by atoms with E-state index in [0.29, 0.717) is 0 Å². The van der Waals surface area contributed by atoms with E-state index >= 15 is 0 Å². The first-order chi connectivity index (χ1) is 15.6. The number of amides is 1. The summed E-state index contributed by atoms with van der Waals surface area (Å²) in [6, 6.07) is 30.6. The third-order valence-electron chi connectivity index (χ3n) is 7.22. The third-order valence-corrected chi connectivity index (χ3v) is 11.4. The summed E-state index contributed by atoms with van der Waals surface area (Å²) >= 11 is 0. The van der Waals surface area contributed by atoms with Crippen molar-refractivity contribution in [3.63, 3.8) is 0 Å². The molecule has 1 amide bonds. The van der Waals surface area contributed by atoms with Crippen LogP contribution in [0.25, 0.3) is 0 Å². The number of carbonyl (C=O) groups is 1. The van der Waals surface area contributed by atoms with Crippen LogP contribution in [0.15, 0.2) is 91.0 Å². The maximum Gasteiger partial charge on any atom is 0.229 e. The highest BCUT2D eigenvalue weighted by atomic mass is 28.3. The molecule has 1 aliphatic rings. The van der Waals surface area contributed by atoms with E-state index in [2.05, 4.69) is 87.3 Å². The first kappa shape index (κ1) is 23.5. The quantitative estimate of drug-likeness (QED) is 0.499. The van der Waals surface area contributed by atoms with Crippen molar-refractivity contribution in [3.8, 4) is 0 Å². The van der Waals surface area contributed by atoms with Gasteiger partial charge in [-0.3, -0.25) is 4.79 Å². The van der Waals surface area contributed by atoms with Crippen molar-refractivity contribution in [2.45, 2.75) is 57.1 Å². The molecule has 1 fully saturated rings. The molecule has 4 unspecified atom stereocenters. The smallest absolute Gasteiger partial charge is 0.229 e. The zero-order valence-corrected chi connectivity index (χ0v) is 21.3. The molecule has 0 bridgehead atoms. The Kier molecular flexibility index (Phi) is 6.34. The summed E-state index contributed by atoms with van der Waals surface area (Å²) in [5.41, 5.74) is 1.58. The second-order valence-corrected chi connectivity index (χ2v) is 15.4. The van der Waals surface area contributed by atoms with E-state index in [1.54, 1.807) is 0 Å². The second-order valence-electron chi connectivity index (χ2n) is 10.7. The van der Waals surface area contributed by atoms with Gasteiger partial charge in [0.1, 0.15) is 0 Å². The van der Waals surface area contributed by atoms with Gasteiger partial charge in [0.25, 0.3) is 0 Å². The van der Waals surface area contributed by atoms with Gasteiger partial charge in [0.15, 0.2) is 0 Å². The van der Waals surface area contributed by atoms with Crippen molar-refractivity contribution in [1.29, 1.82) is 0 Å². The molecule has 4 heteroatoms. The molecule has 4 rings (SSSR count). The molecule has 1 aliphatic heterocycles. The van der Waals surface area contributed by atoms with Crippen molar-refractivity contribution in [3.05, 3.63) is 102 Å². The van der Waals surface area contributed by atoms with E-state index in [-0.39, 0.29) is 23.0 Å². The molecule has 1 heterocycles. The maximum atomic E-state index is 14.2. The van der Waals surface area contributed by atoms with Crippen LogP contribution in [0.4, 0.5) is 0 Å². The zero-order valence-electron chi connectivity index (χ0n) is 20.3. The lowest BCUT2D eigenvalue weighted by molar-refractivity contribution is -0.139. The predicted octanol–water partition coefficient (Wildman–Crippen LogP) is 5.70. The van der Waals surface area contributed by atoms with Gasteiger partial charge in [-0.2, -0.15) is 0 Å². The van der Waals surface area contributed by atoms with E-state index in [1.165, 1.54) is 5.19 Å². The number of hydrogen-bond acceptors (Lipinski definition) is 2. The average molecular weight is 458 g/mol. The predicted molar refractivity (Wildman–Crippen MR) is 138 cm³/mol. The molecule has 4 atom stereocenters. The van der Waals surface area contributed by atoms with Gasteiger partial charge in [-0.15, -0.1) is 0 Å². The van der Waals surface area contributed by atoms with E-state index in [1.807, 2.05) is 42.5 Å². The van der Waals surface area contributed by atoms with Crippen LogP contribution in [-0.4, -0.2) is 29.5 Å². The van der Waals surface area contributed by atoms with Crippen molar-refractivity contribution in [2.75, 3.05) is 0 Å². The summed E-state index contributed by atoms with van der Waals surface area (Å²) < 4.78 is 0. The summed E-state index contributed by atoms with van der Waals surface area (Å²) in [7, 11) is -2.24. The van der Waals surface area contributed by atoms with Gasteiger partial charge in [-0.1, -0.05) is 109 Å². The fraction of sp³-hybridized carbons (Fsp3) is 0.345. The Morgan fingerprint density at radius 2 is 1.30 bits per heavy atom. The molecule has 1 N–H and O–H groups in total. The maximum absolute atomic E-state index is 14.2. The summed E-state index contributed by atoms with van der Waals surface area (Å²) in [5.74, 6) is -0.451. The van der Waals surface area contributed by atoms with E-state index in [9.17, 15) is 9.90 Å². The van der Waals surface area contributed by atoms with Crippen LogP contribution >= 0.6 is 0 Å². The summed E-state index contributed by atoms with van der Waals surface area (Å²) in [4.78, 5) is 16.3. The molecule has 0 saturated carbocycles. The zero-order chi connectivity index (χ0) is 23.8. The van der Waals surface area contributed by atoms with Crippen LogP contribution in [0, 0.1) is 5.92 Å². The number of benzene rings is 3. The summed E-state index contributed by atoms with van der Waals surface area (Å²) in [5, 5.41) is 13.0. The molecule has 33 heavy (non-hydrogen) atoms. The fourth-order valence-electron chi connectivity index (χ4n) is 5.66. The van der Waals surface area contributed by atoms with E-state index in [0.717, 1.165) is 11.1 Å². The SMILES string of the molecule is CC(C)(C)N1C(=O)C(C(O)c2ccccc2)C([Si](C)(C)c2ccccc2)C1c1ccccc1. The largest absolute Gasteiger partial charge is 0.388 e. The first-order valence-electron chi connectivity index (χ1n) is 11.8. The Hall–Kier alpha value is -2.69. The van der Waals surface area contributed by atoms with Gasteiger partial charge in [-0.25, -0.2) is 0 Å². The number of likely N-dealkylation sites (tertiary alicyclic amines) is 1. The summed E-state index contributed by atoms with van der Waals surface area (Å²) in [6.45, 7) is 11.0. The molecular weight excluding hydrogens is 422 g/mol. The van der Waals surface area contributed by atoms with Gasteiger partial charge in [0.2, 0.25) is 5.91 Å². The molecule has 172 valence electrons. The fourth-order valence-corrected chi connectivity index (χ4v) is 9.45. The Bertz CT molecular complexity index is 1080. The van der Waals surface area contributed by atoms with Crippen molar-refractivity contribution >= 4 is 19.2 Å². The van der Waals surface area contributed by atoms with Crippen LogP contribution in [0.3, 0.4) is 0 Å². The monoisotopic (exact) mass is 457 g/mol. The molecule has 3 aromatic rings. The molecule has 0 aliphatic carbocycles. The number of nitrogens with zero attached hydrogens (tertiary/aromatic N) is 1. The van der Waals surface area contributed by atoms with Gasteiger partial charge < -0.3 is 10.0 Å². The van der Waals surface area contributed by atoms with Crippen LogP contribution in [-0.2, 0) is 4.79 Å². The Balaban J connectivity index is 1.95. The molecule has 1 saturated heterocycles. The second kappa shape index (κ2) is 8.92. The topological polar surface area (TPSA) is 40.5 Å². The van der Waals surface area contributed by atoms with Crippen molar-refractivity contribution < 1.29 is 9.90 Å². The minimum atomic E-state index is -2.24. The molecule has 0 radical (unpaired) electrons. The highest BCUT2D eigenvalue weighted by Crippen LogP contribution is 2.56. The standard InChI is InChI=1S/C29H35NO2Si/c1-29(2,3)30-25(21-15-9-6-10-16-21)27(33(4,5)23-19-13-8-14-20-23)24(28(30)32)26(31)22-17-11-7-12-18-22/h6-20,24-27,31H,1-5H3. The van der Waals surface area contributed by atoms with Gasteiger partial charge in [-0.05, 0) is 37.4 Å². The van der Waals surface area contributed by atoms with E-state index in [4.69, 9.17) is 0 Å². The van der Waals surface area contributed by atoms with E-state index < -0.39 is 20.1 Å². The Morgan fingerprint density at radius 1 is 0.818 bits per heavy atom. The highest BCUT2D eigenvalue weighted by Gasteiger charge is 2.59. The third kappa shape index (κ3) is 4.30. The minimum Gasteiger partial charge on any atom is -0.388 e. The molecule has 0 aromatic heterocycles. The average Bonchev–Trinajstić information content (AvgIpc) is 3.14. The number of hydrogen-bond donors (Lipinski definition) is 1. The summed E-state index contributed by atoms with van der Waals surface area (Å²) in [6.07, 6.45) is -0.849. The number of aliphatic hydroxyl groups is 1. The lowest BCUT2D eigenvalue weighted by atomic mass is 9.90. The van der Waals surface area contributed by atoms with Crippen molar-refractivity contribution in [1.82, 2.24) is 4.90 Å². The first-order valence-corrected chi connectivity index (χ1v) is 14.9. The van der Waals surface area contributed by atoms with Crippen molar-refractivity contribution in [2.24, 2.45) is 5.92 Å². The lowest BCUT2D eigenvalue weighted by Crippen LogP contribution is -2.51. The minimum absolute atomic E-state index is 0.00392. The Labute approximate surface area is 199 Å². The molecular formula is C29H35NO2Si. The van der Waals surface area contributed by atoms with Gasteiger partial charge in [0, 0.05) is 5.54 Å². The molecule has 3 nitrogen and oxygen atoms in total. The number of carbonyl (C=O) groups excluding carboxylic acids is 1. The van der Waals surface area contributed by atoms with Gasteiger partial charge >= 0.3 is 0 Å². The van der Waals surface area contributed by atoms with Crippen LogP contribution in [0.1, 0.15) is 44.0 Å². The van der Waals surface area contributed by atoms with Crippen LogP contribution in [0.5, 0.6) is 0 Å².